The number of aryl methyl sites for hydroxylation is 1. The third kappa shape index (κ3) is 4.12. The minimum Gasteiger partial charge on any atom is -0.347 e. The number of benzene rings is 2. The number of nitrogens with zero attached hydrogens (tertiary/aromatic N) is 3. The van der Waals surface area contributed by atoms with Gasteiger partial charge in [-0.25, -0.2) is 0 Å². The molecule has 2 aromatic carbocycles. The smallest absolute Gasteiger partial charge is 0.0480 e. The van der Waals surface area contributed by atoms with Crippen molar-refractivity contribution in [3.63, 3.8) is 0 Å². The average Bonchev–Trinajstić information content (AvgIpc) is 3.07. The van der Waals surface area contributed by atoms with Crippen LogP contribution in [0.3, 0.4) is 0 Å². The van der Waals surface area contributed by atoms with Gasteiger partial charge in [-0.05, 0) is 36.0 Å². The molecule has 1 aliphatic rings. The number of fused-ring (bicyclic) bond motifs is 1. The molecule has 0 spiro atoms. The van der Waals surface area contributed by atoms with Gasteiger partial charge in [-0.1, -0.05) is 48.5 Å². The third-order valence-corrected chi connectivity index (χ3v) is 5.27. The van der Waals surface area contributed by atoms with Gasteiger partial charge in [-0.2, -0.15) is 0 Å². The van der Waals surface area contributed by atoms with Crippen LogP contribution in [0.2, 0.25) is 0 Å². The summed E-state index contributed by atoms with van der Waals surface area (Å²) in [5, 5.41) is 1.34. The first kappa shape index (κ1) is 16.4. The summed E-state index contributed by atoms with van der Waals surface area (Å²) in [5.41, 5.74) is 2.78. The highest BCUT2D eigenvalue weighted by Gasteiger charge is 2.16. The average molecular weight is 333 g/mol. The highest BCUT2D eigenvalue weighted by atomic mass is 15.3. The van der Waals surface area contributed by atoms with Crippen molar-refractivity contribution in [1.82, 2.24) is 14.4 Å². The quantitative estimate of drug-likeness (QED) is 0.679. The Hall–Kier alpha value is -2.10. The van der Waals surface area contributed by atoms with Crippen molar-refractivity contribution >= 4 is 10.9 Å². The minimum atomic E-state index is 1.09. The molecule has 1 saturated heterocycles. The topological polar surface area (TPSA) is 11.4 Å². The summed E-state index contributed by atoms with van der Waals surface area (Å²) in [6.45, 7) is 8.15. The molecule has 0 N–H and O–H groups in total. The van der Waals surface area contributed by atoms with E-state index in [2.05, 4.69) is 81.2 Å². The predicted octanol–water partition coefficient (Wildman–Crippen LogP) is 3.85. The molecular weight excluding hydrogens is 306 g/mol. The first-order valence-corrected chi connectivity index (χ1v) is 9.41. The first-order chi connectivity index (χ1) is 12.4. The number of hydrogen-bond acceptors (Lipinski definition) is 2. The van der Waals surface area contributed by atoms with Crippen LogP contribution in [0.15, 0.2) is 66.9 Å². The molecule has 0 atom stereocenters. The molecule has 0 amide bonds. The Labute approximate surface area is 150 Å². The second-order valence-corrected chi connectivity index (χ2v) is 7.02. The molecule has 3 aromatic rings. The number of piperazine rings is 1. The molecular formula is C22H27N3. The van der Waals surface area contributed by atoms with Crippen molar-refractivity contribution in [2.24, 2.45) is 0 Å². The molecule has 130 valence electrons. The Kier molecular flexibility index (Phi) is 5.14. The van der Waals surface area contributed by atoms with Crippen LogP contribution in [-0.2, 0) is 13.1 Å². The van der Waals surface area contributed by atoms with E-state index in [4.69, 9.17) is 0 Å². The van der Waals surface area contributed by atoms with Gasteiger partial charge in [-0.3, -0.25) is 4.90 Å². The molecule has 1 aromatic heterocycles. The molecule has 25 heavy (non-hydrogen) atoms. The first-order valence-electron chi connectivity index (χ1n) is 9.41. The number of para-hydroxylation sites is 1. The van der Waals surface area contributed by atoms with Gasteiger partial charge in [0.1, 0.15) is 0 Å². The Morgan fingerprint density at radius 3 is 2.24 bits per heavy atom. The van der Waals surface area contributed by atoms with E-state index in [-0.39, 0.29) is 0 Å². The summed E-state index contributed by atoms with van der Waals surface area (Å²) in [5.74, 6) is 0. The zero-order valence-corrected chi connectivity index (χ0v) is 14.8. The molecule has 0 aliphatic carbocycles. The molecule has 0 bridgehead atoms. The molecule has 4 rings (SSSR count). The van der Waals surface area contributed by atoms with Gasteiger partial charge in [-0.15, -0.1) is 0 Å². The van der Waals surface area contributed by atoms with Crippen molar-refractivity contribution in [1.29, 1.82) is 0 Å². The van der Waals surface area contributed by atoms with E-state index in [9.17, 15) is 0 Å². The summed E-state index contributed by atoms with van der Waals surface area (Å²) < 4.78 is 2.39. The monoisotopic (exact) mass is 333 g/mol. The maximum absolute atomic E-state index is 2.62. The van der Waals surface area contributed by atoms with Gasteiger partial charge < -0.3 is 9.47 Å². The van der Waals surface area contributed by atoms with Gasteiger partial charge in [0.25, 0.3) is 0 Å². The zero-order chi connectivity index (χ0) is 16.9. The van der Waals surface area contributed by atoms with Crippen molar-refractivity contribution in [2.75, 3.05) is 32.7 Å². The van der Waals surface area contributed by atoms with E-state index in [0.717, 1.165) is 13.1 Å². The van der Waals surface area contributed by atoms with E-state index in [1.165, 1.54) is 55.6 Å². The van der Waals surface area contributed by atoms with Crippen molar-refractivity contribution < 1.29 is 0 Å². The van der Waals surface area contributed by atoms with E-state index in [1.807, 2.05) is 0 Å². The maximum Gasteiger partial charge on any atom is 0.0480 e. The van der Waals surface area contributed by atoms with Crippen LogP contribution in [-0.4, -0.2) is 47.1 Å². The minimum absolute atomic E-state index is 1.09. The van der Waals surface area contributed by atoms with Crippen LogP contribution >= 0.6 is 0 Å². The number of hydrogen-bond donors (Lipinski definition) is 0. The van der Waals surface area contributed by atoms with Crippen LogP contribution in [0.25, 0.3) is 10.9 Å². The van der Waals surface area contributed by atoms with Crippen molar-refractivity contribution in [2.45, 2.75) is 19.5 Å². The summed E-state index contributed by atoms with van der Waals surface area (Å²) in [7, 11) is 0. The summed E-state index contributed by atoms with van der Waals surface area (Å²) in [6.07, 6.45) is 3.44. The third-order valence-electron chi connectivity index (χ3n) is 5.27. The summed E-state index contributed by atoms with van der Waals surface area (Å²) in [4.78, 5) is 5.19. The van der Waals surface area contributed by atoms with Gasteiger partial charge in [0.15, 0.2) is 0 Å². The Bertz CT molecular complexity index is 785. The zero-order valence-electron chi connectivity index (χ0n) is 14.8. The number of rotatable bonds is 6. The van der Waals surface area contributed by atoms with E-state index in [0.29, 0.717) is 0 Å². The lowest BCUT2D eigenvalue weighted by atomic mass is 10.2. The molecule has 0 radical (unpaired) electrons. The van der Waals surface area contributed by atoms with Gasteiger partial charge >= 0.3 is 0 Å². The Morgan fingerprint density at radius 1 is 0.680 bits per heavy atom. The van der Waals surface area contributed by atoms with Crippen LogP contribution < -0.4 is 0 Å². The van der Waals surface area contributed by atoms with Crippen molar-refractivity contribution in [3.05, 3.63) is 72.4 Å². The van der Waals surface area contributed by atoms with Gasteiger partial charge in [0.2, 0.25) is 0 Å². The SMILES string of the molecule is c1ccc(CN2CCN(CCCn3ccc4ccccc43)CC2)cc1. The van der Waals surface area contributed by atoms with Gasteiger partial charge in [0, 0.05) is 51.0 Å². The lowest BCUT2D eigenvalue weighted by Crippen LogP contribution is -2.46. The van der Waals surface area contributed by atoms with E-state index >= 15 is 0 Å². The lowest BCUT2D eigenvalue weighted by Gasteiger charge is -2.34. The van der Waals surface area contributed by atoms with Crippen LogP contribution in [0.4, 0.5) is 0 Å². The molecule has 0 saturated carbocycles. The molecule has 1 aliphatic heterocycles. The second kappa shape index (κ2) is 7.85. The van der Waals surface area contributed by atoms with Crippen LogP contribution in [0, 0.1) is 0 Å². The standard InChI is InChI=1S/C22H27N3/c1-2-7-20(8-3-1)19-24-17-15-23(16-18-24)12-6-13-25-14-11-21-9-4-5-10-22(21)25/h1-5,7-11,14H,6,12-13,15-19H2. The fraction of sp³-hybridized carbons (Fsp3) is 0.364. The highest BCUT2D eigenvalue weighted by molar-refractivity contribution is 5.79. The number of aromatic nitrogens is 1. The fourth-order valence-corrected chi connectivity index (χ4v) is 3.81. The summed E-state index contributed by atoms with van der Waals surface area (Å²) >= 11 is 0. The maximum atomic E-state index is 2.62. The lowest BCUT2D eigenvalue weighted by molar-refractivity contribution is 0.125. The largest absolute Gasteiger partial charge is 0.347 e. The molecule has 2 heterocycles. The predicted molar refractivity (Wildman–Crippen MR) is 105 cm³/mol. The molecule has 0 unspecified atom stereocenters. The fourth-order valence-electron chi connectivity index (χ4n) is 3.81. The van der Waals surface area contributed by atoms with Crippen LogP contribution in [0.1, 0.15) is 12.0 Å². The molecule has 3 heteroatoms. The van der Waals surface area contributed by atoms with E-state index in [1.54, 1.807) is 0 Å². The highest BCUT2D eigenvalue weighted by Crippen LogP contribution is 2.15. The molecule has 3 nitrogen and oxygen atoms in total. The van der Waals surface area contributed by atoms with Gasteiger partial charge in [0.05, 0.1) is 0 Å². The Balaban J connectivity index is 1.21. The summed E-state index contributed by atoms with van der Waals surface area (Å²) in [6, 6.07) is 21.7. The van der Waals surface area contributed by atoms with E-state index < -0.39 is 0 Å². The Morgan fingerprint density at radius 2 is 1.40 bits per heavy atom. The molecule has 1 fully saturated rings. The van der Waals surface area contributed by atoms with Crippen LogP contribution in [0.5, 0.6) is 0 Å². The second-order valence-electron chi connectivity index (χ2n) is 7.02. The normalized spacial score (nSPS) is 16.5. The van der Waals surface area contributed by atoms with Crippen molar-refractivity contribution in [3.8, 4) is 0 Å².